The first-order valence-corrected chi connectivity index (χ1v) is 11.9. The lowest BCUT2D eigenvalue weighted by Crippen LogP contribution is -2.38. The van der Waals surface area contributed by atoms with E-state index in [1.165, 1.54) is 0 Å². The minimum Gasteiger partial charge on any atom is -0.372 e. The lowest BCUT2D eigenvalue weighted by molar-refractivity contribution is -0.179. The second-order valence-electron chi connectivity index (χ2n) is 9.42. The van der Waals surface area contributed by atoms with Gasteiger partial charge in [0.25, 0.3) is 0 Å². The highest BCUT2D eigenvalue weighted by atomic mass is 19.4. The number of piperidine rings is 1. The molecule has 2 amide bonds. The molecule has 0 aliphatic carbocycles. The van der Waals surface area contributed by atoms with Gasteiger partial charge in [0, 0.05) is 49.7 Å². The Hall–Kier alpha value is -3.23. The van der Waals surface area contributed by atoms with Gasteiger partial charge in [0.05, 0.1) is 11.8 Å². The van der Waals surface area contributed by atoms with E-state index in [0.29, 0.717) is 26.2 Å². The zero-order chi connectivity index (χ0) is 25.2. The van der Waals surface area contributed by atoms with Crippen molar-refractivity contribution in [3.05, 3.63) is 53.1 Å². The van der Waals surface area contributed by atoms with Crippen molar-refractivity contribution < 1.29 is 22.8 Å². The van der Waals surface area contributed by atoms with Crippen molar-refractivity contribution in [2.24, 2.45) is 11.8 Å². The molecule has 0 radical (unpaired) electrons. The Kier molecular flexibility index (Phi) is 7.23. The van der Waals surface area contributed by atoms with Gasteiger partial charge in [-0.05, 0) is 73.7 Å². The van der Waals surface area contributed by atoms with Gasteiger partial charge in [-0.15, -0.1) is 0 Å². The van der Waals surface area contributed by atoms with Crippen LogP contribution >= 0.6 is 0 Å². The van der Waals surface area contributed by atoms with E-state index in [4.69, 9.17) is 0 Å². The maximum absolute atomic E-state index is 12.9. The van der Waals surface area contributed by atoms with E-state index in [0.717, 1.165) is 33.8 Å². The largest absolute Gasteiger partial charge is 0.391 e. The maximum atomic E-state index is 12.9. The number of halogens is 3. The van der Waals surface area contributed by atoms with Crippen LogP contribution in [0.2, 0.25) is 0 Å². The van der Waals surface area contributed by atoms with Gasteiger partial charge in [-0.1, -0.05) is 6.07 Å². The van der Waals surface area contributed by atoms with Gasteiger partial charge >= 0.3 is 6.18 Å². The van der Waals surface area contributed by atoms with Crippen LogP contribution in [0.4, 0.5) is 30.2 Å². The van der Waals surface area contributed by atoms with E-state index in [1.54, 1.807) is 0 Å². The van der Waals surface area contributed by atoms with E-state index < -0.39 is 12.1 Å². The molecule has 0 saturated carbocycles. The molecule has 3 N–H and O–H groups in total. The summed E-state index contributed by atoms with van der Waals surface area (Å²) in [4.78, 5) is 25.6. The highest BCUT2D eigenvalue weighted by molar-refractivity contribution is 5.89. The molecule has 2 aliphatic rings. The van der Waals surface area contributed by atoms with Gasteiger partial charge in [0.15, 0.2) is 0 Å². The number of carbonyl (C=O) groups excluding carboxylic acids is 2. The Bertz CT molecular complexity index is 1080. The van der Waals surface area contributed by atoms with Crippen molar-refractivity contribution in [2.75, 3.05) is 29.9 Å². The highest BCUT2D eigenvalue weighted by Crippen LogP contribution is 2.35. The second-order valence-corrected chi connectivity index (χ2v) is 9.42. The van der Waals surface area contributed by atoms with Gasteiger partial charge in [-0.3, -0.25) is 9.59 Å². The predicted octanol–water partition coefficient (Wildman–Crippen LogP) is 4.58. The number of hydrogen-bond donors (Lipinski definition) is 3. The fraction of sp³-hybridized carbons (Fsp3) is 0.462. The average Bonchev–Trinajstić information content (AvgIpc) is 3.28. The van der Waals surface area contributed by atoms with Crippen LogP contribution < -0.4 is 20.9 Å². The van der Waals surface area contributed by atoms with Crippen LogP contribution in [-0.4, -0.2) is 37.6 Å². The summed E-state index contributed by atoms with van der Waals surface area (Å²) in [6, 6.07) is 11.7. The van der Waals surface area contributed by atoms with E-state index in [9.17, 15) is 22.8 Å². The molecular weight excluding hydrogens is 457 g/mol. The summed E-state index contributed by atoms with van der Waals surface area (Å²) >= 11 is 0. The summed E-state index contributed by atoms with van der Waals surface area (Å²) in [5, 5.41) is 9.02. The van der Waals surface area contributed by atoms with Crippen molar-refractivity contribution in [3.8, 4) is 0 Å². The fourth-order valence-electron chi connectivity index (χ4n) is 4.70. The van der Waals surface area contributed by atoms with Crippen LogP contribution in [0.1, 0.15) is 36.0 Å². The summed E-state index contributed by atoms with van der Waals surface area (Å²) in [6.45, 7) is 5.62. The van der Waals surface area contributed by atoms with E-state index in [2.05, 4.69) is 16.0 Å². The minimum atomic E-state index is -4.11. The van der Waals surface area contributed by atoms with Crippen molar-refractivity contribution in [1.29, 1.82) is 0 Å². The van der Waals surface area contributed by atoms with Gasteiger partial charge in [0.1, 0.15) is 0 Å². The molecule has 2 aromatic rings. The van der Waals surface area contributed by atoms with Crippen LogP contribution in [0.15, 0.2) is 36.4 Å². The molecule has 4 rings (SSSR count). The molecule has 188 valence electrons. The van der Waals surface area contributed by atoms with Crippen molar-refractivity contribution in [2.45, 2.75) is 45.8 Å². The van der Waals surface area contributed by atoms with Gasteiger partial charge in [0.2, 0.25) is 11.8 Å². The van der Waals surface area contributed by atoms with Gasteiger partial charge in [-0.2, -0.15) is 13.2 Å². The Morgan fingerprint density at radius 3 is 2.34 bits per heavy atom. The summed E-state index contributed by atoms with van der Waals surface area (Å²) in [7, 11) is 0. The molecule has 0 aromatic heterocycles. The number of hydrogen-bond acceptors (Lipinski definition) is 4. The lowest BCUT2D eigenvalue weighted by Gasteiger charge is -2.34. The fourth-order valence-corrected chi connectivity index (χ4v) is 4.70. The molecule has 9 heteroatoms. The summed E-state index contributed by atoms with van der Waals surface area (Å²) in [5.41, 5.74) is 5.90. The molecule has 2 saturated heterocycles. The molecule has 2 aromatic carbocycles. The van der Waals surface area contributed by atoms with Gasteiger partial charge in [-0.25, -0.2) is 0 Å². The van der Waals surface area contributed by atoms with Crippen molar-refractivity contribution in [3.63, 3.8) is 0 Å². The summed E-state index contributed by atoms with van der Waals surface area (Å²) in [6.07, 6.45) is -3.61. The number of carbonyl (C=O) groups is 2. The highest BCUT2D eigenvalue weighted by Gasteiger charge is 2.41. The first-order valence-electron chi connectivity index (χ1n) is 11.9. The normalized spacial score (nSPS) is 18.9. The topological polar surface area (TPSA) is 73.5 Å². The molecule has 35 heavy (non-hydrogen) atoms. The Balaban J connectivity index is 1.34. The summed E-state index contributed by atoms with van der Waals surface area (Å²) < 4.78 is 38.7. The number of amides is 2. The molecule has 0 spiro atoms. The smallest absolute Gasteiger partial charge is 0.372 e. The molecule has 0 bridgehead atoms. The molecule has 1 unspecified atom stereocenters. The molecule has 6 nitrogen and oxygen atoms in total. The summed E-state index contributed by atoms with van der Waals surface area (Å²) in [5.74, 6) is -1.73. The molecule has 2 heterocycles. The molecule has 1 atom stereocenters. The third kappa shape index (κ3) is 5.89. The quantitative estimate of drug-likeness (QED) is 0.557. The first kappa shape index (κ1) is 24.9. The van der Waals surface area contributed by atoms with Crippen LogP contribution in [-0.2, 0) is 16.1 Å². The third-order valence-electron chi connectivity index (χ3n) is 7.17. The maximum Gasteiger partial charge on any atom is 0.391 e. The SMILES string of the molecule is Cc1c(CNC(=O)C2CNC(=O)C2)ccc(Nc2ccc(N3CCC(C(F)(F)F)CC3)cc2)c1C. The first-order chi connectivity index (χ1) is 16.6. The van der Waals surface area contributed by atoms with Gasteiger partial charge < -0.3 is 20.9 Å². The number of anilines is 3. The van der Waals surface area contributed by atoms with Crippen molar-refractivity contribution >= 4 is 28.9 Å². The Morgan fingerprint density at radius 1 is 1.06 bits per heavy atom. The van der Waals surface area contributed by atoms with Crippen LogP contribution in [0, 0.1) is 25.7 Å². The zero-order valence-corrected chi connectivity index (χ0v) is 20.0. The van der Waals surface area contributed by atoms with Crippen molar-refractivity contribution in [1.82, 2.24) is 10.6 Å². The molecular formula is C26H31F3N4O2. The average molecular weight is 489 g/mol. The lowest BCUT2D eigenvalue weighted by atomic mass is 9.96. The minimum absolute atomic E-state index is 0.0911. The standard InChI is InChI=1S/C26H31F3N4O2/c1-16-17(2)23(8-3-18(16)14-31-25(35)19-13-24(34)30-15-19)32-21-4-6-22(7-5-21)33-11-9-20(10-12-33)26(27,28)29/h3-8,19-20,32H,9-15H2,1-2H3,(H,30,34)(H,31,35). The Labute approximate surface area is 203 Å². The second kappa shape index (κ2) is 10.2. The van der Waals surface area contributed by atoms with E-state index in [-0.39, 0.29) is 37.0 Å². The monoisotopic (exact) mass is 488 g/mol. The zero-order valence-electron chi connectivity index (χ0n) is 20.0. The number of nitrogens with zero attached hydrogens (tertiary/aromatic N) is 1. The van der Waals surface area contributed by atoms with Crippen LogP contribution in [0.25, 0.3) is 0 Å². The number of benzene rings is 2. The number of rotatable bonds is 6. The predicted molar refractivity (Wildman–Crippen MR) is 130 cm³/mol. The Morgan fingerprint density at radius 2 is 1.74 bits per heavy atom. The van der Waals surface area contributed by atoms with Crippen LogP contribution in [0.5, 0.6) is 0 Å². The molecule has 2 aliphatic heterocycles. The van der Waals surface area contributed by atoms with E-state index >= 15 is 0 Å². The number of alkyl halides is 3. The number of nitrogens with one attached hydrogen (secondary N) is 3. The van der Waals surface area contributed by atoms with Crippen LogP contribution in [0.3, 0.4) is 0 Å². The third-order valence-corrected chi connectivity index (χ3v) is 7.17. The molecule has 2 fully saturated rings. The van der Waals surface area contributed by atoms with E-state index in [1.807, 2.05) is 55.1 Å².